The molecule has 0 aliphatic carbocycles. The van der Waals surface area contributed by atoms with Crippen LogP contribution in [0.2, 0.25) is 0 Å². The number of nitrogens with zero attached hydrogens (tertiary/aromatic N) is 3. The lowest BCUT2D eigenvalue weighted by Gasteiger charge is -2.03. The van der Waals surface area contributed by atoms with E-state index in [4.69, 9.17) is 0 Å². The minimum absolute atomic E-state index is 0.333. The summed E-state index contributed by atoms with van der Waals surface area (Å²) >= 11 is 0. The Labute approximate surface area is 105 Å². The quantitative estimate of drug-likeness (QED) is 0.892. The fourth-order valence-corrected chi connectivity index (χ4v) is 1.42. The molecule has 19 heavy (non-hydrogen) atoms. The standard InChI is InChI=1S/C10H10F3N5O/c1-2-14-6-3-4-7-15-9(17-18(7)5-6)16-8(19)10(11,12)13/h3-5,14H,2H2,1H3,(H,16,17,19). The molecule has 0 saturated heterocycles. The Morgan fingerprint density at radius 3 is 2.79 bits per heavy atom. The Morgan fingerprint density at radius 2 is 2.16 bits per heavy atom. The van der Waals surface area contributed by atoms with Crippen LogP contribution in [0.4, 0.5) is 24.8 Å². The maximum Gasteiger partial charge on any atom is 0.471 e. The summed E-state index contributed by atoms with van der Waals surface area (Å²) in [7, 11) is 0. The predicted molar refractivity (Wildman–Crippen MR) is 61.8 cm³/mol. The molecule has 2 rings (SSSR count). The highest BCUT2D eigenvalue weighted by molar-refractivity contribution is 5.93. The highest BCUT2D eigenvalue weighted by atomic mass is 19.4. The smallest absolute Gasteiger partial charge is 0.384 e. The number of carbonyl (C=O) groups is 1. The average molecular weight is 273 g/mol. The first-order chi connectivity index (χ1) is 8.90. The van der Waals surface area contributed by atoms with E-state index in [0.29, 0.717) is 12.2 Å². The van der Waals surface area contributed by atoms with Crippen LogP contribution in [-0.2, 0) is 4.79 Å². The molecule has 0 aromatic carbocycles. The fraction of sp³-hybridized carbons (Fsp3) is 0.300. The van der Waals surface area contributed by atoms with Crippen molar-refractivity contribution in [3.8, 4) is 0 Å². The van der Waals surface area contributed by atoms with Crippen LogP contribution >= 0.6 is 0 Å². The van der Waals surface area contributed by atoms with Gasteiger partial charge in [0.25, 0.3) is 0 Å². The van der Waals surface area contributed by atoms with E-state index in [1.54, 1.807) is 23.6 Å². The summed E-state index contributed by atoms with van der Waals surface area (Å²) in [5.41, 5.74) is 1.08. The Morgan fingerprint density at radius 1 is 1.42 bits per heavy atom. The van der Waals surface area contributed by atoms with Gasteiger partial charge in [0.2, 0.25) is 5.95 Å². The van der Waals surface area contributed by atoms with Crippen molar-refractivity contribution in [3.05, 3.63) is 18.3 Å². The third-order valence-electron chi connectivity index (χ3n) is 2.19. The van der Waals surface area contributed by atoms with Crippen LogP contribution in [0.3, 0.4) is 0 Å². The number of carbonyl (C=O) groups excluding carboxylic acids is 1. The monoisotopic (exact) mass is 273 g/mol. The van der Waals surface area contributed by atoms with Gasteiger partial charge in [0, 0.05) is 6.54 Å². The molecule has 0 spiro atoms. The summed E-state index contributed by atoms with van der Waals surface area (Å²) in [6, 6.07) is 3.29. The number of anilines is 2. The van der Waals surface area contributed by atoms with E-state index in [1.165, 1.54) is 4.52 Å². The normalized spacial score (nSPS) is 11.6. The Hall–Kier alpha value is -2.32. The molecule has 2 N–H and O–H groups in total. The molecular weight excluding hydrogens is 263 g/mol. The number of hydrogen-bond acceptors (Lipinski definition) is 4. The summed E-state index contributed by atoms with van der Waals surface area (Å²) in [4.78, 5) is 14.5. The van der Waals surface area contributed by atoms with Gasteiger partial charge in [-0.2, -0.15) is 18.2 Å². The van der Waals surface area contributed by atoms with Crippen molar-refractivity contribution >= 4 is 23.2 Å². The first kappa shape index (κ1) is 13.1. The van der Waals surface area contributed by atoms with E-state index in [1.807, 2.05) is 6.92 Å². The van der Waals surface area contributed by atoms with Gasteiger partial charge in [-0.3, -0.25) is 10.1 Å². The molecule has 0 aliphatic rings. The second-order valence-electron chi connectivity index (χ2n) is 3.64. The molecule has 6 nitrogen and oxygen atoms in total. The van der Waals surface area contributed by atoms with Crippen molar-refractivity contribution in [3.63, 3.8) is 0 Å². The number of aromatic nitrogens is 3. The number of hydrogen-bond donors (Lipinski definition) is 2. The third kappa shape index (κ3) is 2.92. The van der Waals surface area contributed by atoms with Crippen molar-refractivity contribution < 1.29 is 18.0 Å². The number of fused-ring (bicyclic) bond motifs is 1. The fourth-order valence-electron chi connectivity index (χ4n) is 1.42. The van der Waals surface area contributed by atoms with Gasteiger partial charge in [-0.05, 0) is 19.1 Å². The van der Waals surface area contributed by atoms with Crippen LogP contribution in [0.1, 0.15) is 6.92 Å². The molecule has 0 saturated carbocycles. The third-order valence-corrected chi connectivity index (χ3v) is 2.19. The Balaban J connectivity index is 2.24. The Bertz CT molecular complexity index is 607. The van der Waals surface area contributed by atoms with Gasteiger partial charge in [-0.25, -0.2) is 4.52 Å². The van der Waals surface area contributed by atoms with Gasteiger partial charge in [-0.1, -0.05) is 0 Å². The zero-order valence-electron chi connectivity index (χ0n) is 9.82. The zero-order chi connectivity index (χ0) is 14.0. The highest BCUT2D eigenvalue weighted by Crippen LogP contribution is 2.17. The molecule has 0 bridgehead atoms. The molecule has 2 heterocycles. The molecule has 2 aromatic heterocycles. The molecular formula is C10H10F3N5O. The van der Waals surface area contributed by atoms with E-state index in [9.17, 15) is 18.0 Å². The van der Waals surface area contributed by atoms with Crippen LogP contribution < -0.4 is 10.6 Å². The second kappa shape index (κ2) is 4.75. The number of pyridine rings is 1. The van der Waals surface area contributed by atoms with Crippen molar-refractivity contribution in [1.82, 2.24) is 14.6 Å². The van der Waals surface area contributed by atoms with Crippen LogP contribution in [0.5, 0.6) is 0 Å². The summed E-state index contributed by atoms with van der Waals surface area (Å²) in [5.74, 6) is -2.49. The average Bonchev–Trinajstić information content (AvgIpc) is 2.69. The van der Waals surface area contributed by atoms with Crippen molar-refractivity contribution in [2.24, 2.45) is 0 Å². The predicted octanol–water partition coefficient (Wildman–Crippen LogP) is 1.66. The number of rotatable bonds is 3. The van der Waals surface area contributed by atoms with Crippen LogP contribution in [0, 0.1) is 0 Å². The molecule has 0 atom stereocenters. The lowest BCUT2D eigenvalue weighted by atomic mass is 10.4. The molecule has 1 amide bonds. The van der Waals surface area contributed by atoms with Gasteiger partial charge < -0.3 is 5.32 Å². The number of halogens is 3. The summed E-state index contributed by atoms with van der Waals surface area (Å²) in [5, 5.41) is 8.36. The lowest BCUT2D eigenvalue weighted by Crippen LogP contribution is -2.30. The largest absolute Gasteiger partial charge is 0.471 e. The first-order valence-electron chi connectivity index (χ1n) is 5.38. The zero-order valence-corrected chi connectivity index (χ0v) is 9.82. The van der Waals surface area contributed by atoms with E-state index in [-0.39, 0.29) is 0 Å². The summed E-state index contributed by atoms with van der Waals surface area (Å²) in [6.45, 7) is 2.60. The minimum atomic E-state index is -4.97. The van der Waals surface area contributed by atoms with E-state index in [2.05, 4.69) is 15.4 Å². The Kier molecular flexibility index (Phi) is 3.28. The maximum absolute atomic E-state index is 12.1. The first-order valence-corrected chi connectivity index (χ1v) is 5.38. The van der Waals surface area contributed by atoms with Crippen molar-refractivity contribution in [2.75, 3.05) is 17.2 Å². The van der Waals surface area contributed by atoms with E-state index in [0.717, 1.165) is 5.69 Å². The van der Waals surface area contributed by atoms with Gasteiger partial charge in [0.1, 0.15) is 0 Å². The second-order valence-corrected chi connectivity index (χ2v) is 3.64. The minimum Gasteiger partial charge on any atom is -0.384 e. The lowest BCUT2D eigenvalue weighted by molar-refractivity contribution is -0.167. The highest BCUT2D eigenvalue weighted by Gasteiger charge is 2.39. The van der Waals surface area contributed by atoms with Gasteiger partial charge in [0.05, 0.1) is 11.9 Å². The maximum atomic E-state index is 12.1. The van der Waals surface area contributed by atoms with Crippen molar-refractivity contribution in [2.45, 2.75) is 13.1 Å². The van der Waals surface area contributed by atoms with Crippen LogP contribution in [0.15, 0.2) is 18.3 Å². The molecule has 0 radical (unpaired) electrons. The van der Waals surface area contributed by atoms with E-state index < -0.39 is 18.0 Å². The van der Waals surface area contributed by atoms with Crippen LogP contribution in [-0.4, -0.2) is 33.2 Å². The molecule has 2 aromatic rings. The number of amides is 1. The van der Waals surface area contributed by atoms with Gasteiger partial charge in [0.15, 0.2) is 5.65 Å². The van der Waals surface area contributed by atoms with Gasteiger partial charge in [-0.15, -0.1) is 5.10 Å². The molecule has 0 fully saturated rings. The summed E-state index contributed by atoms with van der Waals surface area (Å²) < 4.78 is 37.5. The number of nitrogens with one attached hydrogen (secondary N) is 2. The molecule has 0 aliphatic heterocycles. The SMILES string of the molecule is CCNc1ccc2nc(NC(=O)C(F)(F)F)nn2c1. The van der Waals surface area contributed by atoms with Gasteiger partial charge >= 0.3 is 12.1 Å². The summed E-state index contributed by atoms with van der Waals surface area (Å²) in [6.07, 6.45) is -3.40. The molecule has 102 valence electrons. The number of alkyl halides is 3. The van der Waals surface area contributed by atoms with E-state index >= 15 is 0 Å². The van der Waals surface area contributed by atoms with Crippen molar-refractivity contribution in [1.29, 1.82) is 0 Å². The topological polar surface area (TPSA) is 71.3 Å². The molecule has 0 unspecified atom stereocenters. The van der Waals surface area contributed by atoms with Crippen LogP contribution in [0.25, 0.3) is 5.65 Å². The molecule has 9 heteroatoms.